The molecule has 1 aliphatic heterocycles. The first-order chi connectivity index (χ1) is 12.0. The van der Waals surface area contributed by atoms with E-state index in [1.165, 1.54) is 13.1 Å². The molecule has 3 rings (SSSR count). The number of carbonyl (C=O) groups is 2. The number of amides is 3. The molecule has 3 amide bonds. The van der Waals surface area contributed by atoms with Gasteiger partial charge in [0.1, 0.15) is 5.69 Å². The van der Waals surface area contributed by atoms with Gasteiger partial charge in [-0.2, -0.15) is 0 Å². The van der Waals surface area contributed by atoms with Crippen molar-refractivity contribution in [2.45, 2.75) is 13.3 Å². The number of halogens is 1. The molecule has 132 valence electrons. The minimum absolute atomic E-state index is 0.00473. The second-order valence-electron chi connectivity index (χ2n) is 5.97. The van der Waals surface area contributed by atoms with Crippen LogP contribution in [0.25, 0.3) is 10.9 Å². The molecule has 1 aromatic carbocycles. The van der Waals surface area contributed by atoms with Crippen LogP contribution in [0.5, 0.6) is 0 Å². The van der Waals surface area contributed by atoms with Crippen molar-refractivity contribution in [3.63, 3.8) is 0 Å². The Labute approximate surface area is 149 Å². The Bertz CT molecular complexity index is 880. The summed E-state index contributed by atoms with van der Waals surface area (Å²) in [6, 6.07) is 4.69. The van der Waals surface area contributed by atoms with E-state index in [0.717, 1.165) is 0 Å². The number of rotatable bonds is 1. The Morgan fingerprint density at radius 1 is 1.16 bits per heavy atom. The van der Waals surface area contributed by atoms with Crippen molar-refractivity contribution in [2.75, 3.05) is 31.5 Å². The SMILES string of the molecule is CC(=O)N1CCCN(C(=O)Nc2c[nH]c3c(Cl)cccc3c2=O)CC1. The molecule has 2 N–H and O–H groups in total. The van der Waals surface area contributed by atoms with Crippen LogP contribution in [-0.4, -0.2) is 52.9 Å². The van der Waals surface area contributed by atoms with Crippen molar-refractivity contribution >= 4 is 40.1 Å². The quantitative estimate of drug-likeness (QED) is 0.816. The number of carbonyl (C=O) groups excluding carboxylic acids is 2. The van der Waals surface area contributed by atoms with Gasteiger partial charge in [-0.05, 0) is 18.6 Å². The number of para-hydroxylation sites is 1. The highest BCUT2D eigenvalue weighted by atomic mass is 35.5. The Balaban J connectivity index is 1.77. The maximum atomic E-state index is 12.5. The summed E-state index contributed by atoms with van der Waals surface area (Å²) >= 11 is 6.07. The van der Waals surface area contributed by atoms with Crippen molar-refractivity contribution < 1.29 is 9.59 Å². The van der Waals surface area contributed by atoms with Crippen LogP contribution in [0.3, 0.4) is 0 Å². The highest BCUT2D eigenvalue weighted by Crippen LogP contribution is 2.19. The number of urea groups is 1. The fraction of sp³-hybridized carbons (Fsp3) is 0.353. The zero-order chi connectivity index (χ0) is 18.0. The smallest absolute Gasteiger partial charge is 0.322 e. The van der Waals surface area contributed by atoms with Gasteiger partial charge in [0.15, 0.2) is 0 Å². The number of aromatic amines is 1. The summed E-state index contributed by atoms with van der Waals surface area (Å²) in [6.45, 7) is 3.62. The zero-order valence-corrected chi connectivity index (χ0v) is 14.6. The van der Waals surface area contributed by atoms with Crippen molar-refractivity contribution in [3.05, 3.63) is 39.6 Å². The van der Waals surface area contributed by atoms with E-state index >= 15 is 0 Å². The zero-order valence-electron chi connectivity index (χ0n) is 13.8. The number of pyridine rings is 1. The third-order valence-electron chi connectivity index (χ3n) is 4.33. The third kappa shape index (κ3) is 3.61. The van der Waals surface area contributed by atoms with E-state index in [1.807, 2.05) is 0 Å². The second-order valence-corrected chi connectivity index (χ2v) is 6.38. The molecule has 1 aromatic heterocycles. The molecule has 2 aromatic rings. The lowest BCUT2D eigenvalue weighted by Gasteiger charge is -2.21. The molecule has 7 nitrogen and oxygen atoms in total. The monoisotopic (exact) mass is 362 g/mol. The largest absolute Gasteiger partial charge is 0.358 e. The lowest BCUT2D eigenvalue weighted by Crippen LogP contribution is -2.39. The van der Waals surface area contributed by atoms with Crippen LogP contribution in [-0.2, 0) is 4.79 Å². The Morgan fingerprint density at radius 2 is 1.88 bits per heavy atom. The Morgan fingerprint density at radius 3 is 2.64 bits per heavy atom. The number of fused-ring (bicyclic) bond motifs is 1. The highest BCUT2D eigenvalue weighted by Gasteiger charge is 2.21. The molecule has 0 spiro atoms. The standard InChI is InChI=1S/C17H19ClN4O3/c1-11(23)21-6-3-7-22(9-8-21)17(25)20-14-10-19-15-12(16(14)24)4-2-5-13(15)18/h2,4-5,10H,3,6-9H2,1H3,(H,19,24)(H,20,25). The first kappa shape index (κ1) is 17.3. The highest BCUT2D eigenvalue weighted by molar-refractivity contribution is 6.35. The summed E-state index contributed by atoms with van der Waals surface area (Å²) in [4.78, 5) is 42.8. The maximum absolute atomic E-state index is 12.5. The molecule has 1 aliphatic rings. The van der Waals surface area contributed by atoms with Gasteiger partial charge in [0.25, 0.3) is 0 Å². The van der Waals surface area contributed by atoms with Crippen LogP contribution in [0.4, 0.5) is 10.5 Å². The van der Waals surface area contributed by atoms with Gasteiger partial charge in [0.2, 0.25) is 11.3 Å². The van der Waals surface area contributed by atoms with E-state index in [4.69, 9.17) is 11.6 Å². The molecule has 0 bridgehead atoms. The fourth-order valence-corrected chi connectivity index (χ4v) is 3.17. The number of anilines is 1. The van der Waals surface area contributed by atoms with E-state index in [1.54, 1.807) is 28.0 Å². The summed E-state index contributed by atoms with van der Waals surface area (Å²) in [5, 5.41) is 3.53. The van der Waals surface area contributed by atoms with Crippen molar-refractivity contribution in [1.29, 1.82) is 0 Å². The van der Waals surface area contributed by atoms with Gasteiger partial charge >= 0.3 is 6.03 Å². The van der Waals surface area contributed by atoms with E-state index in [9.17, 15) is 14.4 Å². The van der Waals surface area contributed by atoms with Crippen molar-refractivity contribution in [2.24, 2.45) is 0 Å². The molecule has 0 atom stereocenters. The maximum Gasteiger partial charge on any atom is 0.322 e. The molecular formula is C17H19ClN4O3. The van der Waals surface area contributed by atoms with Crippen LogP contribution in [0.2, 0.25) is 5.02 Å². The average molecular weight is 363 g/mol. The molecule has 0 radical (unpaired) electrons. The van der Waals surface area contributed by atoms with Crippen LogP contribution in [0.15, 0.2) is 29.2 Å². The van der Waals surface area contributed by atoms with Gasteiger partial charge in [-0.1, -0.05) is 17.7 Å². The topological polar surface area (TPSA) is 85.5 Å². The fourth-order valence-electron chi connectivity index (χ4n) is 2.94. The average Bonchev–Trinajstić information content (AvgIpc) is 2.84. The minimum atomic E-state index is -0.350. The number of nitrogens with zero attached hydrogens (tertiary/aromatic N) is 2. The first-order valence-electron chi connectivity index (χ1n) is 8.08. The summed E-state index contributed by atoms with van der Waals surface area (Å²) in [7, 11) is 0. The number of nitrogens with one attached hydrogen (secondary N) is 2. The lowest BCUT2D eigenvalue weighted by molar-refractivity contribution is -0.128. The third-order valence-corrected chi connectivity index (χ3v) is 4.65. The molecule has 25 heavy (non-hydrogen) atoms. The molecule has 0 unspecified atom stereocenters. The molecule has 0 aliphatic carbocycles. The number of benzene rings is 1. The van der Waals surface area contributed by atoms with Gasteiger partial charge in [-0.15, -0.1) is 0 Å². The summed E-state index contributed by atoms with van der Waals surface area (Å²) in [6.07, 6.45) is 2.16. The summed E-state index contributed by atoms with van der Waals surface area (Å²) in [5.74, 6) is 0.00473. The predicted octanol–water partition coefficient (Wildman–Crippen LogP) is 2.27. The van der Waals surface area contributed by atoms with Gasteiger partial charge in [0.05, 0.1) is 10.5 Å². The van der Waals surface area contributed by atoms with E-state index < -0.39 is 0 Å². The minimum Gasteiger partial charge on any atom is -0.358 e. The van der Waals surface area contributed by atoms with E-state index in [2.05, 4.69) is 10.3 Å². The molecule has 2 heterocycles. The summed E-state index contributed by atoms with van der Waals surface area (Å²) < 4.78 is 0. The molecule has 0 saturated carbocycles. The van der Waals surface area contributed by atoms with Crippen LogP contribution < -0.4 is 10.7 Å². The van der Waals surface area contributed by atoms with Gasteiger partial charge in [0, 0.05) is 44.7 Å². The normalized spacial score (nSPS) is 15.1. The van der Waals surface area contributed by atoms with Crippen molar-refractivity contribution in [1.82, 2.24) is 14.8 Å². The first-order valence-corrected chi connectivity index (χ1v) is 8.46. The van der Waals surface area contributed by atoms with Crippen LogP contribution in [0, 0.1) is 0 Å². The van der Waals surface area contributed by atoms with Crippen molar-refractivity contribution in [3.8, 4) is 0 Å². The molecular weight excluding hydrogens is 344 g/mol. The number of hydrogen-bond donors (Lipinski definition) is 2. The van der Waals surface area contributed by atoms with E-state index in [-0.39, 0.29) is 23.1 Å². The predicted molar refractivity (Wildman–Crippen MR) is 97.0 cm³/mol. The number of aromatic nitrogens is 1. The van der Waals surface area contributed by atoms with Gasteiger partial charge < -0.3 is 20.1 Å². The second kappa shape index (κ2) is 7.14. The molecule has 1 fully saturated rings. The van der Waals surface area contributed by atoms with Crippen LogP contribution >= 0.6 is 11.6 Å². The molecule has 8 heteroatoms. The number of hydrogen-bond acceptors (Lipinski definition) is 3. The Hall–Kier alpha value is -2.54. The Kier molecular flexibility index (Phi) is 4.94. The van der Waals surface area contributed by atoms with Gasteiger partial charge in [-0.25, -0.2) is 4.79 Å². The summed E-state index contributed by atoms with van der Waals surface area (Å²) in [5.41, 5.74) is 0.427. The number of H-pyrrole nitrogens is 1. The lowest BCUT2D eigenvalue weighted by atomic mass is 10.2. The molecule has 1 saturated heterocycles. The van der Waals surface area contributed by atoms with Gasteiger partial charge in [-0.3, -0.25) is 9.59 Å². The van der Waals surface area contributed by atoms with Crippen LogP contribution in [0.1, 0.15) is 13.3 Å². The van der Waals surface area contributed by atoms with E-state index in [0.29, 0.717) is 48.5 Å².